The molecule has 1 fully saturated rings. The second kappa shape index (κ2) is 2.12. The zero-order valence-electron chi connectivity index (χ0n) is 7.45. The zero-order chi connectivity index (χ0) is 8.93. The standard InChI is InChI=1S/C10H14O2/c1-10(2)7-4-3-6(5-7)8(10)9(11)12/h3-4,6-8H,5H2,1-2H3,(H,11,12)/t6-,7+,8+/m1/s1. The highest BCUT2D eigenvalue weighted by molar-refractivity contribution is 5.73. The third kappa shape index (κ3) is 0.780. The van der Waals surface area contributed by atoms with Gasteiger partial charge in [0.05, 0.1) is 5.92 Å². The van der Waals surface area contributed by atoms with Crippen LogP contribution in [-0.2, 0) is 4.79 Å². The van der Waals surface area contributed by atoms with E-state index in [4.69, 9.17) is 5.11 Å². The molecule has 2 rings (SSSR count). The predicted octanol–water partition coefficient (Wildman–Crippen LogP) is 1.92. The Bertz CT molecular complexity index is 253. The summed E-state index contributed by atoms with van der Waals surface area (Å²) in [6.07, 6.45) is 5.31. The Balaban J connectivity index is 2.36. The maximum atomic E-state index is 11.0. The SMILES string of the molecule is CC1(C)[C@H](C(=O)O)[C@@H]2C=C[C@H]1C2. The Morgan fingerprint density at radius 3 is 2.50 bits per heavy atom. The fraction of sp³-hybridized carbons (Fsp3) is 0.700. The third-order valence-corrected chi connectivity index (χ3v) is 3.57. The van der Waals surface area contributed by atoms with Gasteiger partial charge < -0.3 is 5.11 Å². The van der Waals surface area contributed by atoms with E-state index in [0.717, 1.165) is 6.42 Å². The number of rotatable bonds is 1. The first kappa shape index (κ1) is 7.84. The van der Waals surface area contributed by atoms with E-state index in [1.54, 1.807) is 0 Å². The number of carboxylic acid groups (broad SMARTS) is 1. The van der Waals surface area contributed by atoms with Crippen LogP contribution in [0.2, 0.25) is 0 Å². The highest BCUT2D eigenvalue weighted by Crippen LogP contribution is 2.55. The molecule has 0 saturated heterocycles. The highest BCUT2D eigenvalue weighted by atomic mass is 16.4. The molecule has 2 aliphatic carbocycles. The molecule has 1 saturated carbocycles. The molecule has 0 aromatic rings. The van der Waals surface area contributed by atoms with Crippen molar-refractivity contribution in [2.45, 2.75) is 20.3 Å². The van der Waals surface area contributed by atoms with Crippen LogP contribution in [0, 0.1) is 23.2 Å². The summed E-state index contributed by atoms with van der Waals surface area (Å²) in [5.41, 5.74) is -0.0365. The van der Waals surface area contributed by atoms with Crippen LogP contribution in [-0.4, -0.2) is 11.1 Å². The molecule has 0 spiro atoms. The largest absolute Gasteiger partial charge is 0.481 e. The van der Waals surface area contributed by atoms with Gasteiger partial charge in [-0.1, -0.05) is 26.0 Å². The van der Waals surface area contributed by atoms with Crippen LogP contribution >= 0.6 is 0 Å². The van der Waals surface area contributed by atoms with E-state index in [0.29, 0.717) is 11.8 Å². The molecule has 66 valence electrons. The van der Waals surface area contributed by atoms with Crippen molar-refractivity contribution in [2.24, 2.45) is 23.2 Å². The minimum Gasteiger partial charge on any atom is -0.481 e. The molecular formula is C10H14O2. The summed E-state index contributed by atoms with van der Waals surface area (Å²) in [5.74, 6) is -0.00421. The molecule has 0 radical (unpaired) electrons. The molecule has 2 heteroatoms. The molecule has 0 aromatic heterocycles. The summed E-state index contributed by atoms with van der Waals surface area (Å²) in [5, 5.41) is 9.04. The molecule has 0 amide bonds. The Morgan fingerprint density at radius 2 is 2.17 bits per heavy atom. The van der Waals surface area contributed by atoms with Crippen LogP contribution < -0.4 is 0 Å². The number of allylic oxidation sites excluding steroid dienone is 2. The first-order valence-corrected chi connectivity index (χ1v) is 4.44. The smallest absolute Gasteiger partial charge is 0.307 e. The van der Waals surface area contributed by atoms with E-state index in [1.807, 2.05) is 0 Å². The molecule has 2 nitrogen and oxygen atoms in total. The van der Waals surface area contributed by atoms with Crippen LogP contribution in [0.15, 0.2) is 12.2 Å². The lowest BCUT2D eigenvalue weighted by Gasteiger charge is -2.32. The summed E-state index contributed by atoms with van der Waals surface area (Å²) in [6.45, 7) is 4.14. The van der Waals surface area contributed by atoms with Gasteiger partial charge in [0.1, 0.15) is 0 Å². The number of carbonyl (C=O) groups is 1. The van der Waals surface area contributed by atoms with Crippen molar-refractivity contribution < 1.29 is 9.90 Å². The Labute approximate surface area is 72.3 Å². The monoisotopic (exact) mass is 166 g/mol. The number of hydrogen-bond donors (Lipinski definition) is 1. The molecule has 2 bridgehead atoms. The lowest BCUT2D eigenvalue weighted by molar-refractivity contribution is -0.146. The van der Waals surface area contributed by atoms with Crippen molar-refractivity contribution in [3.05, 3.63) is 12.2 Å². The number of hydrogen-bond acceptors (Lipinski definition) is 1. The predicted molar refractivity (Wildman–Crippen MR) is 45.6 cm³/mol. The van der Waals surface area contributed by atoms with E-state index in [-0.39, 0.29) is 11.3 Å². The van der Waals surface area contributed by atoms with Gasteiger partial charge in [0.25, 0.3) is 0 Å². The minimum atomic E-state index is -0.628. The van der Waals surface area contributed by atoms with Crippen molar-refractivity contribution in [2.75, 3.05) is 0 Å². The van der Waals surface area contributed by atoms with Gasteiger partial charge in [-0.05, 0) is 23.7 Å². The average Bonchev–Trinajstić information content (AvgIpc) is 2.41. The van der Waals surface area contributed by atoms with Gasteiger partial charge in [0.15, 0.2) is 0 Å². The van der Waals surface area contributed by atoms with Gasteiger partial charge in [0.2, 0.25) is 0 Å². The first-order valence-electron chi connectivity index (χ1n) is 4.44. The number of carboxylic acids is 1. The van der Waals surface area contributed by atoms with Crippen molar-refractivity contribution in [1.29, 1.82) is 0 Å². The third-order valence-electron chi connectivity index (χ3n) is 3.57. The molecule has 0 heterocycles. The Morgan fingerprint density at radius 1 is 1.50 bits per heavy atom. The number of aliphatic carboxylic acids is 1. The van der Waals surface area contributed by atoms with Crippen molar-refractivity contribution in [1.82, 2.24) is 0 Å². The van der Waals surface area contributed by atoms with Crippen LogP contribution in [0.5, 0.6) is 0 Å². The Hall–Kier alpha value is -0.790. The Kier molecular flexibility index (Phi) is 1.39. The fourth-order valence-electron chi connectivity index (χ4n) is 2.81. The lowest BCUT2D eigenvalue weighted by Crippen LogP contribution is -2.34. The van der Waals surface area contributed by atoms with Gasteiger partial charge >= 0.3 is 5.97 Å². The van der Waals surface area contributed by atoms with Crippen molar-refractivity contribution in [3.8, 4) is 0 Å². The summed E-state index contributed by atoms with van der Waals surface area (Å²) >= 11 is 0. The maximum absolute atomic E-state index is 11.0. The first-order chi connectivity index (χ1) is 5.53. The summed E-state index contributed by atoms with van der Waals surface area (Å²) in [4.78, 5) is 11.0. The van der Waals surface area contributed by atoms with Crippen LogP contribution in [0.25, 0.3) is 0 Å². The topological polar surface area (TPSA) is 37.3 Å². The second-order valence-electron chi connectivity index (χ2n) is 4.53. The fourth-order valence-corrected chi connectivity index (χ4v) is 2.81. The van der Waals surface area contributed by atoms with Crippen LogP contribution in [0.3, 0.4) is 0 Å². The minimum absolute atomic E-state index is 0.0365. The van der Waals surface area contributed by atoms with Crippen LogP contribution in [0.1, 0.15) is 20.3 Å². The molecule has 3 atom stereocenters. The molecule has 0 aromatic carbocycles. The normalized spacial score (nSPS) is 42.0. The quantitative estimate of drug-likeness (QED) is 0.604. The van der Waals surface area contributed by atoms with E-state index in [1.165, 1.54) is 0 Å². The van der Waals surface area contributed by atoms with E-state index >= 15 is 0 Å². The molecule has 0 aliphatic heterocycles. The van der Waals surface area contributed by atoms with Gasteiger partial charge in [-0.2, -0.15) is 0 Å². The summed E-state index contributed by atoms with van der Waals surface area (Å²) in [7, 11) is 0. The van der Waals surface area contributed by atoms with E-state index in [2.05, 4.69) is 26.0 Å². The van der Waals surface area contributed by atoms with E-state index < -0.39 is 5.97 Å². The highest BCUT2D eigenvalue weighted by Gasteiger charge is 2.53. The van der Waals surface area contributed by atoms with Crippen molar-refractivity contribution in [3.63, 3.8) is 0 Å². The zero-order valence-corrected chi connectivity index (χ0v) is 7.45. The van der Waals surface area contributed by atoms with Crippen molar-refractivity contribution >= 4 is 5.97 Å². The summed E-state index contributed by atoms with van der Waals surface area (Å²) < 4.78 is 0. The average molecular weight is 166 g/mol. The summed E-state index contributed by atoms with van der Waals surface area (Å²) in [6, 6.07) is 0. The molecular weight excluding hydrogens is 152 g/mol. The number of fused-ring (bicyclic) bond motifs is 2. The molecule has 1 N–H and O–H groups in total. The van der Waals surface area contributed by atoms with Gasteiger partial charge in [0, 0.05) is 0 Å². The molecule has 0 unspecified atom stereocenters. The lowest BCUT2D eigenvalue weighted by atomic mass is 9.71. The van der Waals surface area contributed by atoms with Gasteiger partial charge in [-0.25, -0.2) is 0 Å². The second-order valence-corrected chi connectivity index (χ2v) is 4.53. The van der Waals surface area contributed by atoms with Gasteiger partial charge in [-0.15, -0.1) is 0 Å². The van der Waals surface area contributed by atoms with Gasteiger partial charge in [-0.3, -0.25) is 4.79 Å². The molecule has 12 heavy (non-hydrogen) atoms. The molecule has 2 aliphatic rings. The van der Waals surface area contributed by atoms with Crippen LogP contribution in [0.4, 0.5) is 0 Å². The van der Waals surface area contributed by atoms with E-state index in [9.17, 15) is 4.79 Å². The maximum Gasteiger partial charge on any atom is 0.307 e.